The number of halogens is 3. The summed E-state index contributed by atoms with van der Waals surface area (Å²) < 4.78 is 39.0. The van der Waals surface area contributed by atoms with Crippen LogP contribution in [-0.2, 0) is 4.79 Å². The Kier molecular flexibility index (Phi) is 3.89. The molecule has 0 spiro atoms. The third kappa shape index (κ3) is 2.96. The molecule has 3 N–H and O–H groups in total. The van der Waals surface area contributed by atoms with E-state index in [0.717, 1.165) is 0 Å². The highest BCUT2D eigenvalue weighted by atomic mass is 19.1. The summed E-state index contributed by atoms with van der Waals surface area (Å²) in [5.74, 6) is -4.46. The van der Waals surface area contributed by atoms with E-state index in [4.69, 9.17) is 0 Å². The van der Waals surface area contributed by atoms with Crippen molar-refractivity contribution >= 4 is 5.97 Å². The summed E-state index contributed by atoms with van der Waals surface area (Å²) in [6, 6.07) is 0.184. The van der Waals surface area contributed by atoms with Gasteiger partial charge in [0.05, 0.1) is 5.56 Å². The third-order valence-electron chi connectivity index (χ3n) is 2.15. The molecule has 0 aliphatic carbocycles. The highest BCUT2D eigenvalue weighted by Crippen LogP contribution is 2.22. The molecule has 0 aromatic heterocycles. The molecule has 0 radical (unpaired) electrons. The van der Waals surface area contributed by atoms with Crippen molar-refractivity contribution < 1.29 is 28.8 Å². The number of carboxylic acids is 1. The van der Waals surface area contributed by atoms with Crippen LogP contribution in [0.25, 0.3) is 0 Å². The lowest BCUT2D eigenvalue weighted by atomic mass is 10.0. The molecule has 0 heterocycles. The van der Waals surface area contributed by atoms with Crippen LogP contribution in [-0.4, -0.2) is 5.97 Å². The van der Waals surface area contributed by atoms with Crippen LogP contribution < -0.4 is 10.8 Å². The second-order valence-corrected chi connectivity index (χ2v) is 3.39. The normalized spacial score (nSPS) is 12.5. The number of benzene rings is 1. The lowest BCUT2D eigenvalue weighted by molar-refractivity contribution is -0.430. The highest BCUT2D eigenvalue weighted by molar-refractivity contribution is 5.64. The summed E-state index contributed by atoms with van der Waals surface area (Å²) in [6.07, 6.45) is -0.424. The molecular formula is C10H10F3NO2. The molecule has 16 heavy (non-hydrogen) atoms. The molecule has 0 aliphatic heterocycles. The maximum absolute atomic E-state index is 13.2. The van der Waals surface area contributed by atoms with Crippen LogP contribution in [0.3, 0.4) is 0 Å². The van der Waals surface area contributed by atoms with Crippen molar-refractivity contribution in [2.45, 2.75) is 18.9 Å². The first-order chi connectivity index (χ1) is 7.41. The van der Waals surface area contributed by atoms with E-state index in [1.807, 2.05) is 0 Å². The largest absolute Gasteiger partial charge is 0.550 e. The molecule has 1 rings (SSSR count). The molecule has 0 unspecified atom stereocenters. The van der Waals surface area contributed by atoms with Crippen molar-refractivity contribution in [2.75, 3.05) is 0 Å². The molecule has 0 amide bonds. The second kappa shape index (κ2) is 4.98. The van der Waals surface area contributed by atoms with Crippen LogP contribution in [0.1, 0.15) is 24.4 Å². The Labute approximate surface area is 89.7 Å². The van der Waals surface area contributed by atoms with Gasteiger partial charge in [-0.3, -0.25) is 0 Å². The second-order valence-electron chi connectivity index (χ2n) is 3.39. The van der Waals surface area contributed by atoms with Crippen molar-refractivity contribution in [1.29, 1.82) is 0 Å². The molecule has 6 heteroatoms. The molecule has 1 aromatic carbocycles. The van der Waals surface area contributed by atoms with Gasteiger partial charge in [0.15, 0.2) is 0 Å². The van der Waals surface area contributed by atoms with Gasteiger partial charge >= 0.3 is 0 Å². The first-order valence-electron chi connectivity index (χ1n) is 4.59. The number of rotatable bonds is 4. The number of carbonyl (C=O) groups excluding carboxylic acids is 1. The fraction of sp³-hybridized carbons (Fsp3) is 0.300. The van der Waals surface area contributed by atoms with Crippen molar-refractivity contribution in [3.63, 3.8) is 0 Å². The van der Waals surface area contributed by atoms with E-state index < -0.39 is 35.0 Å². The van der Waals surface area contributed by atoms with Gasteiger partial charge in [0, 0.05) is 24.5 Å². The van der Waals surface area contributed by atoms with Gasteiger partial charge in [-0.2, -0.15) is 0 Å². The first-order valence-corrected chi connectivity index (χ1v) is 4.59. The highest BCUT2D eigenvalue weighted by Gasteiger charge is 2.20. The van der Waals surface area contributed by atoms with E-state index in [2.05, 4.69) is 5.73 Å². The van der Waals surface area contributed by atoms with Gasteiger partial charge in [0.2, 0.25) is 0 Å². The van der Waals surface area contributed by atoms with Gasteiger partial charge in [-0.25, -0.2) is 13.2 Å². The Bertz CT molecular complexity index is 386. The topological polar surface area (TPSA) is 67.8 Å². The van der Waals surface area contributed by atoms with Gasteiger partial charge in [-0.1, -0.05) is 0 Å². The minimum absolute atomic E-state index is 0.0677. The molecule has 1 aromatic rings. The van der Waals surface area contributed by atoms with Gasteiger partial charge in [-0.15, -0.1) is 0 Å². The average Bonchev–Trinajstić information content (AvgIpc) is 2.12. The van der Waals surface area contributed by atoms with Crippen molar-refractivity contribution in [3.8, 4) is 0 Å². The van der Waals surface area contributed by atoms with Crippen LogP contribution in [0.2, 0.25) is 0 Å². The van der Waals surface area contributed by atoms with E-state index in [1.165, 1.54) is 0 Å². The summed E-state index contributed by atoms with van der Waals surface area (Å²) in [5.41, 5.74) is 3.04. The molecule has 0 saturated heterocycles. The Morgan fingerprint density at radius 1 is 1.31 bits per heavy atom. The van der Waals surface area contributed by atoms with Gasteiger partial charge in [-0.05, 0) is 6.42 Å². The molecule has 3 nitrogen and oxygen atoms in total. The molecular weight excluding hydrogens is 223 g/mol. The number of aliphatic carboxylic acids is 1. The van der Waals surface area contributed by atoms with E-state index in [1.54, 1.807) is 0 Å². The number of carboxylic acid groups (broad SMARTS) is 1. The monoisotopic (exact) mass is 233 g/mol. The van der Waals surface area contributed by atoms with Crippen LogP contribution in [0.4, 0.5) is 13.2 Å². The maximum Gasteiger partial charge on any atom is 0.138 e. The van der Waals surface area contributed by atoms with Crippen LogP contribution in [0.5, 0.6) is 0 Å². The summed E-state index contributed by atoms with van der Waals surface area (Å²) in [4.78, 5) is 10.2. The van der Waals surface area contributed by atoms with Crippen LogP contribution >= 0.6 is 0 Å². The summed E-state index contributed by atoms with van der Waals surface area (Å²) in [5, 5.41) is 10.2. The van der Waals surface area contributed by atoms with E-state index in [9.17, 15) is 23.1 Å². The van der Waals surface area contributed by atoms with E-state index in [0.29, 0.717) is 12.1 Å². The summed E-state index contributed by atoms with van der Waals surface area (Å²) in [7, 11) is 0. The Balaban J connectivity index is 2.90. The lowest BCUT2D eigenvalue weighted by Gasteiger charge is -2.11. The standard InChI is InChI=1S/C10H10F3NO2/c11-5-3-6(12)10(7(13)4-5)8(14)1-2-9(15)16/h3-4,8H,1-2,14H2,(H,15,16)/t8-/m1/s1. The number of carbonyl (C=O) groups is 1. The zero-order chi connectivity index (χ0) is 12.3. The maximum atomic E-state index is 13.2. The summed E-state index contributed by atoms with van der Waals surface area (Å²) >= 11 is 0. The van der Waals surface area contributed by atoms with Crippen LogP contribution in [0, 0.1) is 17.5 Å². The fourth-order valence-electron chi connectivity index (χ4n) is 1.38. The molecule has 0 aliphatic rings. The minimum atomic E-state index is -1.32. The predicted molar refractivity (Wildman–Crippen MR) is 46.2 cm³/mol. The molecule has 0 saturated carbocycles. The first kappa shape index (κ1) is 12.5. The van der Waals surface area contributed by atoms with Crippen molar-refractivity contribution in [3.05, 3.63) is 35.1 Å². The average molecular weight is 233 g/mol. The quantitative estimate of drug-likeness (QED) is 0.790. The lowest BCUT2D eigenvalue weighted by Crippen LogP contribution is -2.54. The Hall–Kier alpha value is -1.56. The Morgan fingerprint density at radius 3 is 2.25 bits per heavy atom. The number of quaternary nitrogens is 1. The van der Waals surface area contributed by atoms with Crippen LogP contribution in [0.15, 0.2) is 12.1 Å². The van der Waals surface area contributed by atoms with Crippen molar-refractivity contribution in [2.24, 2.45) is 0 Å². The number of hydrogen-bond acceptors (Lipinski definition) is 2. The Morgan fingerprint density at radius 2 is 1.81 bits per heavy atom. The zero-order valence-electron chi connectivity index (χ0n) is 8.30. The van der Waals surface area contributed by atoms with Gasteiger partial charge in [0.1, 0.15) is 23.5 Å². The summed E-state index contributed by atoms with van der Waals surface area (Å²) in [6.45, 7) is 0. The molecule has 1 atom stereocenters. The molecule has 88 valence electrons. The van der Waals surface area contributed by atoms with Crippen molar-refractivity contribution in [1.82, 2.24) is 0 Å². The predicted octanol–water partition coefficient (Wildman–Crippen LogP) is -0.0830. The molecule has 0 bridgehead atoms. The smallest absolute Gasteiger partial charge is 0.138 e. The van der Waals surface area contributed by atoms with Gasteiger partial charge in [0.25, 0.3) is 0 Å². The zero-order valence-corrected chi connectivity index (χ0v) is 8.30. The minimum Gasteiger partial charge on any atom is -0.550 e. The SMILES string of the molecule is [NH3+][C@H](CCC(=O)[O-])c1c(F)cc(F)cc1F. The van der Waals surface area contributed by atoms with Gasteiger partial charge < -0.3 is 15.6 Å². The van der Waals surface area contributed by atoms with E-state index in [-0.39, 0.29) is 12.8 Å². The molecule has 0 fully saturated rings. The number of hydrogen-bond donors (Lipinski definition) is 1. The third-order valence-corrected chi connectivity index (χ3v) is 2.15. The fourth-order valence-corrected chi connectivity index (χ4v) is 1.38. The van der Waals surface area contributed by atoms with E-state index >= 15 is 0 Å².